The SMILES string of the molecule is CCN(CC)S(=O)(=O)c1ccc(N2CC(C(=O)N3CCC(Nc4ccccc4)C3)CC2=O)cc1. The van der Waals surface area contributed by atoms with Crippen LogP contribution in [0.25, 0.3) is 0 Å². The Bertz CT molecular complexity index is 1120. The van der Waals surface area contributed by atoms with Crippen LogP contribution in [-0.2, 0) is 19.6 Å². The number of nitrogens with zero attached hydrogens (tertiary/aromatic N) is 3. The van der Waals surface area contributed by atoms with Crippen molar-refractivity contribution in [3.05, 3.63) is 54.6 Å². The van der Waals surface area contributed by atoms with Crippen LogP contribution in [0.5, 0.6) is 0 Å². The van der Waals surface area contributed by atoms with E-state index >= 15 is 0 Å². The maximum absolute atomic E-state index is 13.1. The van der Waals surface area contributed by atoms with Crippen LogP contribution in [0.2, 0.25) is 0 Å². The lowest BCUT2D eigenvalue weighted by molar-refractivity contribution is -0.134. The summed E-state index contributed by atoms with van der Waals surface area (Å²) >= 11 is 0. The van der Waals surface area contributed by atoms with E-state index in [1.165, 1.54) is 16.4 Å². The molecule has 2 saturated heterocycles. The minimum atomic E-state index is -3.56. The predicted octanol–water partition coefficient (Wildman–Crippen LogP) is 2.78. The van der Waals surface area contributed by atoms with Crippen LogP contribution in [-0.4, -0.2) is 68.2 Å². The van der Waals surface area contributed by atoms with Crippen molar-refractivity contribution >= 4 is 33.2 Å². The molecule has 0 radical (unpaired) electrons. The summed E-state index contributed by atoms with van der Waals surface area (Å²) in [5.41, 5.74) is 1.65. The molecule has 1 N–H and O–H groups in total. The number of hydrogen-bond donors (Lipinski definition) is 1. The maximum atomic E-state index is 13.1. The summed E-state index contributed by atoms with van der Waals surface area (Å²) in [4.78, 5) is 29.5. The number of carbonyl (C=O) groups is 2. The largest absolute Gasteiger partial charge is 0.380 e. The molecule has 2 fully saturated rings. The minimum absolute atomic E-state index is 0.00828. The summed E-state index contributed by atoms with van der Waals surface area (Å²) in [5, 5.41) is 3.47. The molecule has 34 heavy (non-hydrogen) atoms. The van der Waals surface area contributed by atoms with E-state index in [0.717, 1.165) is 12.1 Å². The second-order valence-electron chi connectivity index (χ2n) is 8.77. The van der Waals surface area contributed by atoms with Crippen molar-refractivity contribution in [1.82, 2.24) is 9.21 Å². The third-order valence-electron chi connectivity index (χ3n) is 6.61. The first-order valence-corrected chi connectivity index (χ1v) is 13.3. The fraction of sp³-hybridized carbons (Fsp3) is 0.440. The van der Waals surface area contributed by atoms with E-state index in [0.29, 0.717) is 38.4 Å². The van der Waals surface area contributed by atoms with Gasteiger partial charge in [0.15, 0.2) is 0 Å². The van der Waals surface area contributed by atoms with Crippen molar-refractivity contribution in [2.45, 2.75) is 37.6 Å². The van der Waals surface area contributed by atoms with E-state index in [1.807, 2.05) is 35.2 Å². The highest BCUT2D eigenvalue weighted by Gasteiger charge is 2.39. The third kappa shape index (κ3) is 4.95. The summed E-state index contributed by atoms with van der Waals surface area (Å²) in [7, 11) is -3.56. The third-order valence-corrected chi connectivity index (χ3v) is 8.67. The van der Waals surface area contributed by atoms with Crippen molar-refractivity contribution in [3.8, 4) is 0 Å². The molecule has 182 valence electrons. The topological polar surface area (TPSA) is 90.0 Å². The Labute approximate surface area is 201 Å². The summed E-state index contributed by atoms with van der Waals surface area (Å²) < 4.78 is 26.8. The monoisotopic (exact) mass is 484 g/mol. The van der Waals surface area contributed by atoms with Gasteiger partial charge in [0.1, 0.15) is 0 Å². The number of benzene rings is 2. The van der Waals surface area contributed by atoms with E-state index in [4.69, 9.17) is 0 Å². The maximum Gasteiger partial charge on any atom is 0.243 e. The molecule has 2 aliphatic heterocycles. The van der Waals surface area contributed by atoms with Crippen LogP contribution in [0.15, 0.2) is 59.5 Å². The van der Waals surface area contributed by atoms with E-state index in [2.05, 4.69) is 5.32 Å². The van der Waals surface area contributed by atoms with E-state index in [-0.39, 0.29) is 35.1 Å². The molecular weight excluding hydrogens is 452 g/mol. The van der Waals surface area contributed by atoms with Gasteiger partial charge >= 0.3 is 0 Å². The predicted molar refractivity (Wildman–Crippen MR) is 132 cm³/mol. The Morgan fingerprint density at radius 1 is 1.03 bits per heavy atom. The van der Waals surface area contributed by atoms with Crippen LogP contribution < -0.4 is 10.2 Å². The molecule has 2 atom stereocenters. The molecule has 0 aromatic heterocycles. The Morgan fingerprint density at radius 3 is 2.35 bits per heavy atom. The lowest BCUT2D eigenvalue weighted by Gasteiger charge is -2.22. The first-order valence-electron chi connectivity index (χ1n) is 11.8. The van der Waals surface area contributed by atoms with E-state index in [1.54, 1.807) is 30.9 Å². The quantitative estimate of drug-likeness (QED) is 0.622. The number of hydrogen-bond acceptors (Lipinski definition) is 5. The molecule has 2 aromatic carbocycles. The Morgan fingerprint density at radius 2 is 1.71 bits per heavy atom. The number of anilines is 2. The van der Waals surface area contributed by atoms with E-state index in [9.17, 15) is 18.0 Å². The first-order chi connectivity index (χ1) is 16.3. The lowest BCUT2D eigenvalue weighted by atomic mass is 10.1. The van der Waals surface area contributed by atoms with Gasteiger partial charge in [-0.1, -0.05) is 32.0 Å². The summed E-state index contributed by atoms with van der Waals surface area (Å²) in [6.07, 6.45) is 1.04. The van der Waals surface area contributed by atoms with Gasteiger partial charge in [-0.25, -0.2) is 8.42 Å². The average molecular weight is 485 g/mol. The molecule has 0 aliphatic carbocycles. The fourth-order valence-corrected chi connectivity index (χ4v) is 6.20. The average Bonchev–Trinajstić information content (AvgIpc) is 3.47. The number of sulfonamides is 1. The number of rotatable bonds is 8. The zero-order chi connectivity index (χ0) is 24.3. The Balaban J connectivity index is 1.38. The highest BCUT2D eigenvalue weighted by molar-refractivity contribution is 7.89. The number of nitrogens with one attached hydrogen (secondary N) is 1. The summed E-state index contributed by atoms with van der Waals surface area (Å²) in [6.45, 7) is 6.00. The molecule has 2 aliphatic rings. The van der Waals surface area contributed by atoms with Gasteiger partial charge in [-0.05, 0) is 42.8 Å². The fourth-order valence-electron chi connectivity index (χ4n) is 4.74. The van der Waals surface area contributed by atoms with E-state index < -0.39 is 10.0 Å². The van der Waals surface area contributed by atoms with Gasteiger partial charge in [0.25, 0.3) is 0 Å². The van der Waals surface area contributed by atoms with Gasteiger partial charge in [-0.15, -0.1) is 0 Å². The standard InChI is InChI=1S/C25H32N4O4S/c1-3-28(4-2)34(32,33)23-12-10-22(11-13-23)29-17-19(16-24(29)30)25(31)27-15-14-21(18-27)26-20-8-6-5-7-9-20/h5-13,19,21,26H,3-4,14-18H2,1-2H3. The molecular formula is C25H32N4O4S. The van der Waals surface area contributed by atoms with Crippen LogP contribution in [0.1, 0.15) is 26.7 Å². The minimum Gasteiger partial charge on any atom is -0.380 e. The van der Waals surface area contributed by atoms with Gasteiger partial charge in [0, 0.05) is 56.6 Å². The van der Waals surface area contributed by atoms with Crippen LogP contribution in [0.4, 0.5) is 11.4 Å². The number of carbonyl (C=O) groups excluding carboxylic acids is 2. The zero-order valence-corrected chi connectivity index (χ0v) is 20.5. The second-order valence-corrected chi connectivity index (χ2v) is 10.7. The van der Waals surface area contributed by atoms with Crippen LogP contribution >= 0.6 is 0 Å². The smallest absolute Gasteiger partial charge is 0.243 e. The van der Waals surface area contributed by atoms with Crippen molar-refractivity contribution in [2.24, 2.45) is 5.92 Å². The molecule has 2 aromatic rings. The molecule has 0 saturated carbocycles. The van der Waals surface area contributed by atoms with Gasteiger partial charge in [-0.2, -0.15) is 4.31 Å². The van der Waals surface area contributed by atoms with Crippen LogP contribution in [0.3, 0.4) is 0 Å². The van der Waals surface area contributed by atoms with Gasteiger partial charge in [0.2, 0.25) is 21.8 Å². The summed E-state index contributed by atoms with van der Waals surface area (Å²) in [5.74, 6) is -0.494. The van der Waals surface area contributed by atoms with Crippen molar-refractivity contribution in [3.63, 3.8) is 0 Å². The van der Waals surface area contributed by atoms with Crippen LogP contribution in [0, 0.1) is 5.92 Å². The van der Waals surface area contributed by atoms with Gasteiger partial charge in [0.05, 0.1) is 10.8 Å². The Hall–Kier alpha value is -2.91. The molecule has 8 nitrogen and oxygen atoms in total. The highest BCUT2D eigenvalue weighted by Crippen LogP contribution is 2.29. The number of amides is 2. The van der Waals surface area contributed by atoms with Gasteiger partial charge in [-0.3, -0.25) is 9.59 Å². The molecule has 2 unspecified atom stereocenters. The molecule has 4 rings (SSSR count). The molecule has 0 spiro atoms. The number of para-hydroxylation sites is 1. The zero-order valence-electron chi connectivity index (χ0n) is 19.7. The number of likely N-dealkylation sites (tertiary alicyclic amines) is 1. The highest BCUT2D eigenvalue weighted by atomic mass is 32.2. The summed E-state index contributed by atoms with van der Waals surface area (Å²) in [6, 6.07) is 16.5. The van der Waals surface area contributed by atoms with Crippen molar-refractivity contribution in [1.29, 1.82) is 0 Å². The first kappa shape index (κ1) is 24.2. The Kier molecular flexibility index (Phi) is 7.23. The van der Waals surface area contributed by atoms with Gasteiger partial charge < -0.3 is 15.1 Å². The lowest BCUT2D eigenvalue weighted by Crippen LogP contribution is -2.37. The molecule has 9 heteroatoms. The molecule has 2 amide bonds. The van der Waals surface area contributed by atoms with Crippen molar-refractivity contribution in [2.75, 3.05) is 42.9 Å². The molecule has 2 heterocycles. The van der Waals surface area contributed by atoms with Crippen molar-refractivity contribution < 1.29 is 18.0 Å². The normalized spacial score (nSPS) is 20.9. The molecule has 0 bridgehead atoms. The second kappa shape index (κ2) is 10.1.